The molecule has 3 amide bonds. The molecule has 0 spiro atoms. The molecular weight excluding hydrogens is 426 g/mol. The molecule has 2 aromatic carbocycles. The number of benzene rings is 2. The van der Waals surface area contributed by atoms with Crippen LogP contribution in [0.3, 0.4) is 0 Å². The van der Waals surface area contributed by atoms with Gasteiger partial charge in [0.15, 0.2) is 11.8 Å². The van der Waals surface area contributed by atoms with Crippen molar-refractivity contribution in [3.63, 3.8) is 0 Å². The van der Waals surface area contributed by atoms with Crippen molar-refractivity contribution >= 4 is 23.7 Å². The summed E-state index contributed by atoms with van der Waals surface area (Å²) in [5, 5.41) is 14.3. The second-order valence-corrected chi connectivity index (χ2v) is 7.67. The van der Waals surface area contributed by atoms with Gasteiger partial charge in [-0.15, -0.1) is 0 Å². The molecule has 1 heterocycles. The normalized spacial score (nSPS) is 16.3. The summed E-state index contributed by atoms with van der Waals surface area (Å²) in [5.74, 6) is -1.57. The predicted molar refractivity (Wildman–Crippen MR) is 121 cm³/mol. The minimum Gasteiger partial charge on any atom is -0.497 e. The molecule has 0 bridgehead atoms. The van der Waals surface area contributed by atoms with Gasteiger partial charge in [-0.25, -0.2) is 4.79 Å². The molecule has 9 nitrogen and oxygen atoms in total. The summed E-state index contributed by atoms with van der Waals surface area (Å²) < 4.78 is 5.29. The van der Waals surface area contributed by atoms with Gasteiger partial charge in [0.1, 0.15) is 5.75 Å². The molecule has 0 saturated heterocycles. The van der Waals surface area contributed by atoms with E-state index in [9.17, 15) is 24.3 Å². The average molecular weight is 451 g/mol. The number of hydrogen-bond acceptors (Lipinski definition) is 5. The number of likely N-dealkylation sites (N-methyl/N-ethyl adjacent to an activating group) is 1. The van der Waals surface area contributed by atoms with Gasteiger partial charge in [0, 0.05) is 19.3 Å². The zero-order valence-electron chi connectivity index (χ0n) is 18.5. The van der Waals surface area contributed by atoms with Crippen LogP contribution in [0.15, 0.2) is 54.7 Å². The van der Waals surface area contributed by atoms with Gasteiger partial charge >= 0.3 is 12.0 Å². The largest absolute Gasteiger partial charge is 0.497 e. The Bertz CT molecular complexity index is 1130. The third kappa shape index (κ3) is 5.57. The minimum atomic E-state index is -1.36. The average Bonchev–Trinajstić information content (AvgIpc) is 2.79. The lowest BCUT2D eigenvalue weighted by Gasteiger charge is -2.25. The number of ketones is 1. The predicted octanol–water partition coefficient (Wildman–Crippen LogP) is 2.41. The highest BCUT2D eigenvalue weighted by molar-refractivity contribution is 6.14. The van der Waals surface area contributed by atoms with E-state index < -0.39 is 35.8 Å². The standard InChI is InChI=1S/C24H25N3O6/c1-14-7-8-16(12-18(14)15-5-4-6-17(11-15)33-3)19(13-21(29)30)25-24(32)26-22-20(28)9-10-27(2)23(22)31/h4-12,19,22H,13H2,1-3H3,(H,29,30)(H2,25,26,32). The van der Waals surface area contributed by atoms with Gasteiger partial charge in [-0.05, 0) is 47.4 Å². The fourth-order valence-electron chi connectivity index (χ4n) is 3.53. The molecule has 172 valence electrons. The van der Waals surface area contributed by atoms with Crippen LogP contribution >= 0.6 is 0 Å². The first-order valence-electron chi connectivity index (χ1n) is 10.2. The third-order valence-electron chi connectivity index (χ3n) is 5.35. The van der Waals surface area contributed by atoms with Gasteiger partial charge in [0.05, 0.1) is 19.6 Å². The van der Waals surface area contributed by atoms with E-state index in [1.165, 1.54) is 24.2 Å². The summed E-state index contributed by atoms with van der Waals surface area (Å²) in [6.45, 7) is 1.93. The highest BCUT2D eigenvalue weighted by atomic mass is 16.5. The summed E-state index contributed by atoms with van der Waals surface area (Å²) in [6.07, 6.45) is 2.13. The first-order valence-corrected chi connectivity index (χ1v) is 10.2. The van der Waals surface area contributed by atoms with Crippen molar-refractivity contribution in [2.24, 2.45) is 0 Å². The van der Waals surface area contributed by atoms with Crippen LogP contribution in [-0.2, 0) is 14.4 Å². The Hall–Kier alpha value is -4.14. The number of carboxylic acids is 1. The number of nitrogens with zero attached hydrogens (tertiary/aromatic N) is 1. The van der Waals surface area contributed by atoms with Crippen molar-refractivity contribution in [1.29, 1.82) is 0 Å². The zero-order valence-corrected chi connectivity index (χ0v) is 18.5. The van der Waals surface area contributed by atoms with E-state index >= 15 is 0 Å². The molecular formula is C24H25N3O6. The topological polar surface area (TPSA) is 125 Å². The Balaban J connectivity index is 1.86. The summed E-state index contributed by atoms with van der Waals surface area (Å²) in [6, 6.07) is 9.75. The number of nitrogens with one attached hydrogen (secondary N) is 2. The summed E-state index contributed by atoms with van der Waals surface area (Å²) in [7, 11) is 3.04. The second kappa shape index (κ2) is 9.99. The molecule has 2 unspecified atom stereocenters. The zero-order chi connectivity index (χ0) is 24.1. The Morgan fingerprint density at radius 1 is 1.18 bits per heavy atom. The maximum Gasteiger partial charge on any atom is 0.316 e. The fourth-order valence-corrected chi connectivity index (χ4v) is 3.53. The SMILES string of the molecule is COc1cccc(-c2cc(C(CC(=O)O)NC(=O)NC3C(=O)C=CN(C)C3=O)ccc2C)c1. The molecule has 0 fully saturated rings. The van der Waals surface area contributed by atoms with Gasteiger partial charge in [-0.2, -0.15) is 0 Å². The summed E-state index contributed by atoms with van der Waals surface area (Å²) >= 11 is 0. The lowest BCUT2D eigenvalue weighted by molar-refractivity contribution is -0.138. The van der Waals surface area contributed by atoms with Crippen LogP contribution < -0.4 is 15.4 Å². The smallest absolute Gasteiger partial charge is 0.316 e. The lowest BCUT2D eigenvalue weighted by Crippen LogP contribution is -2.55. The van der Waals surface area contributed by atoms with Gasteiger partial charge in [-0.3, -0.25) is 14.4 Å². The number of carbonyl (C=O) groups is 4. The van der Waals surface area contributed by atoms with Crippen LogP contribution in [0.5, 0.6) is 5.75 Å². The van der Waals surface area contributed by atoms with Crippen LogP contribution in [0.25, 0.3) is 11.1 Å². The second-order valence-electron chi connectivity index (χ2n) is 7.67. The maximum atomic E-state index is 12.6. The highest BCUT2D eigenvalue weighted by Gasteiger charge is 2.32. The molecule has 9 heteroatoms. The number of carboxylic acid groups (broad SMARTS) is 1. The number of ether oxygens (including phenoxy) is 1. The van der Waals surface area contributed by atoms with E-state index in [0.29, 0.717) is 11.3 Å². The minimum absolute atomic E-state index is 0.388. The number of amides is 3. The van der Waals surface area contributed by atoms with E-state index in [2.05, 4.69) is 10.6 Å². The monoisotopic (exact) mass is 451 g/mol. The van der Waals surface area contributed by atoms with Gasteiger partial charge in [0.25, 0.3) is 5.91 Å². The van der Waals surface area contributed by atoms with Crippen molar-refractivity contribution in [3.8, 4) is 16.9 Å². The van der Waals surface area contributed by atoms with Gasteiger partial charge < -0.3 is 25.4 Å². The summed E-state index contributed by atoms with van der Waals surface area (Å²) in [5.41, 5.74) is 3.25. The Kier molecular flexibility index (Phi) is 7.12. The van der Waals surface area contributed by atoms with Crippen LogP contribution in [0.1, 0.15) is 23.6 Å². The van der Waals surface area contributed by atoms with Crippen molar-refractivity contribution in [3.05, 3.63) is 65.9 Å². The van der Waals surface area contributed by atoms with Gasteiger partial charge in [0.2, 0.25) is 0 Å². The molecule has 0 aliphatic carbocycles. The van der Waals surface area contributed by atoms with Crippen molar-refractivity contribution in [2.45, 2.75) is 25.4 Å². The van der Waals surface area contributed by atoms with E-state index in [4.69, 9.17) is 4.74 Å². The van der Waals surface area contributed by atoms with Crippen molar-refractivity contribution in [1.82, 2.24) is 15.5 Å². The molecule has 0 saturated carbocycles. The van der Waals surface area contributed by atoms with E-state index in [1.54, 1.807) is 13.2 Å². The molecule has 0 aromatic heterocycles. The first-order chi connectivity index (χ1) is 15.7. The molecule has 33 heavy (non-hydrogen) atoms. The number of carbonyl (C=O) groups excluding carboxylic acids is 3. The molecule has 2 aromatic rings. The molecule has 3 rings (SSSR count). The fraction of sp³-hybridized carbons (Fsp3) is 0.250. The maximum absolute atomic E-state index is 12.6. The van der Waals surface area contributed by atoms with Crippen LogP contribution in [-0.4, -0.2) is 53.9 Å². The number of aliphatic carboxylic acids is 1. The molecule has 1 aliphatic rings. The van der Waals surface area contributed by atoms with E-state index in [-0.39, 0.29) is 6.42 Å². The highest BCUT2D eigenvalue weighted by Crippen LogP contribution is 2.30. The molecule has 2 atom stereocenters. The first kappa shape index (κ1) is 23.5. The summed E-state index contributed by atoms with van der Waals surface area (Å²) in [4.78, 5) is 49.5. The van der Waals surface area contributed by atoms with Crippen LogP contribution in [0, 0.1) is 6.92 Å². The number of urea groups is 1. The molecule has 3 N–H and O–H groups in total. The number of methoxy groups -OCH3 is 1. The molecule has 0 radical (unpaired) electrons. The van der Waals surface area contributed by atoms with E-state index in [1.807, 2.05) is 43.3 Å². The van der Waals surface area contributed by atoms with Crippen LogP contribution in [0.2, 0.25) is 0 Å². The quantitative estimate of drug-likeness (QED) is 0.555. The Morgan fingerprint density at radius 2 is 1.94 bits per heavy atom. The molecule has 1 aliphatic heterocycles. The third-order valence-corrected chi connectivity index (χ3v) is 5.35. The Labute approximate surface area is 191 Å². The van der Waals surface area contributed by atoms with Crippen LogP contribution in [0.4, 0.5) is 4.79 Å². The number of hydrogen-bond donors (Lipinski definition) is 3. The number of aryl methyl sites for hydroxylation is 1. The van der Waals surface area contributed by atoms with Crippen molar-refractivity contribution < 1.29 is 29.0 Å². The lowest BCUT2D eigenvalue weighted by atomic mass is 9.94. The number of rotatable bonds is 7. The van der Waals surface area contributed by atoms with Crippen molar-refractivity contribution in [2.75, 3.05) is 14.2 Å². The van der Waals surface area contributed by atoms with Gasteiger partial charge in [-0.1, -0.05) is 24.3 Å². The van der Waals surface area contributed by atoms with E-state index in [0.717, 1.165) is 16.7 Å². The Morgan fingerprint density at radius 3 is 2.64 bits per heavy atom.